The molecule has 7 nitrogen and oxygen atoms in total. The third-order valence-corrected chi connectivity index (χ3v) is 2.77. The Morgan fingerprint density at radius 2 is 1.41 bits per heavy atom. The van der Waals surface area contributed by atoms with Crippen LogP contribution >= 0.6 is 0 Å². The van der Waals surface area contributed by atoms with E-state index < -0.39 is 5.97 Å². The molecule has 22 heavy (non-hydrogen) atoms. The highest BCUT2D eigenvalue weighted by Gasteiger charge is 2.26. The second-order valence-electron chi connectivity index (χ2n) is 4.15. The molecule has 0 unspecified atom stereocenters. The van der Waals surface area contributed by atoms with Crippen molar-refractivity contribution in [3.8, 4) is 11.5 Å². The zero-order valence-corrected chi connectivity index (χ0v) is 12.2. The van der Waals surface area contributed by atoms with E-state index >= 15 is 0 Å². The number of hydrogen-bond acceptors (Lipinski definition) is 6. The minimum Gasteiger partial charge on any atom is -0.496 e. The number of hydrogen-bond donors (Lipinski definition) is 2. The number of carboxylic acid groups (broad SMARTS) is 1. The molecule has 1 aromatic rings. The highest BCUT2D eigenvalue weighted by Crippen LogP contribution is 2.33. The van der Waals surface area contributed by atoms with Crippen LogP contribution in [0.4, 0.5) is 0 Å². The number of carbonyl (C=O) groups excluding carboxylic acids is 2. The summed E-state index contributed by atoms with van der Waals surface area (Å²) in [5.41, 5.74) is 0.545. The molecule has 0 saturated heterocycles. The van der Waals surface area contributed by atoms with Gasteiger partial charge in [0.05, 0.1) is 38.4 Å². The standard InChI is InChI=1S/C12H10O4.C3H6O3/c1-15-9-5-6-10(16-2)12-8(14)4-3-7(13)11(9)12;4-2-1-3(5)6/h3-6H,1-2H3;4H,1-2H2,(H,5,6). The maximum absolute atomic E-state index is 11.7. The minimum atomic E-state index is -0.961. The van der Waals surface area contributed by atoms with Gasteiger partial charge in [-0.25, -0.2) is 0 Å². The van der Waals surface area contributed by atoms with E-state index in [4.69, 9.17) is 19.7 Å². The lowest BCUT2D eigenvalue weighted by Gasteiger charge is -2.15. The van der Waals surface area contributed by atoms with Gasteiger partial charge in [0.15, 0.2) is 11.6 Å². The van der Waals surface area contributed by atoms with Crippen LogP contribution in [0.3, 0.4) is 0 Å². The first-order valence-corrected chi connectivity index (χ1v) is 6.30. The Kier molecular flexibility index (Phi) is 6.27. The van der Waals surface area contributed by atoms with Gasteiger partial charge in [0.2, 0.25) is 0 Å². The average Bonchev–Trinajstić information content (AvgIpc) is 2.50. The number of carboxylic acids is 1. The van der Waals surface area contributed by atoms with Gasteiger partial charge in [-0.05, 0) is 24.3 Å². The Bertz CT molecular complexity index is 572. The van der Waals surface area contributed by atoms with Crippen molar-refractivity contribution in [2.45, 2.75) is 6.42 Å². The molecule has 0 heterocycles. The normalized spacial score (nSPS) is 12.1. The highest BCUT2D eigenvalue weighted by molar-refractivity contribution is 6.24. The molecular weight excluding hydrogens is 292 g/mol. The lowest BCUT2D eigenvalue weighted by molar-refractivity contribution is -0.137. The summed E-state index contributed by atoms with van der Waals surface area (Å²) in [6.07, 6.45) is 2.33. The quantitative estimate of drug-likeness (QED) is 0.856. The molecule has 7 heteroatoms. The van der Waals surface area contributed by atoms with Crippen LogP contribution in [0.25, 0.3) is 0 Å². The van der Waals surface area contributed by atoms with Crippen LogP contribution < -0.4 is 9.47 Å². The van der Waals surface area contributed by atoms with Crippen LogP contribution in [-0.4, -0.2) is 48.6 Å². The lowest BCUT2D eigenvalue weighted by atomic mass is 9.93. The third-order valence-electron chi connectivity index (χ3n) is 2.77. The summed E-state index contributed by atoms with van der Waals surface area (Å²) in [5, 5.41) is 15.6. The number of aliphatic hydroxyl groups is 1. The molecule has 0 aliphatic heterocycles. The molecule has 0 aromatic heterocycles. The number of benzene rings is 1. The van der Waals surface area contributed by atoms with Crippen molar-refractivity contribution in [3.63, 3.8) is 0 Å². The molecule has 1 aromatic carbocycles. The molecule has 0 radical (unpaired) electrons. The van der Waals surface area contributed by atoms with E-state index in [-0.39, 0.29) is 35.7 Å². The zero-order valence-electron chi connectivity index (χ0n) is 12.2. The van der Waals surface area contributed by atoms with E-state index in [1.54, 1.807) is 12.1 Å². The monoisotopic (exact) mass is 308 g/mol. The second kappa shape index (κ2) is 7.94. The van der Waals surface area contributed by atoms with Gasteiger partial charge >= 0.3 is 5.97 Å². The fraction of sp³-hybridized carbons (Fsp3) is 0.267. The predicted octanol–water partition coefficient (Wildman–Crippen LogP) is 1.09. The van der Waals surface area contributed by atoms with Crippen LogP contribution in [0.2, 0.25) is 0 Å². The molecule has 0 fully saturated rings. The maximum Gasteiger partial charge on any atom is 0.305 e. The molecule has 2 N–H and O–H groups in total. The molecule has 0 spiro atoms. The number of rotatable bonds is 4. The summed E-state index contributed by atoms with van der Waals surface area (Å²) in [6.45, 7) is -0.269. The SMILES string of the molecule is COc1ccc(OC)c2c1C(=O)C=CC2=O.O=C(O)CCO. The molecule has 2 rings (SSSR count). The Hall–Kier alpha value is -2.67. The van der Waals surface area contributed by atoms with Gasteiger partial charge in [-0.15, -0.1) is 0 Å². The van der Waals surface area contributed by atoms with Crippen LogP contribution in [0.5, 0.6) is 11.5 Å². The van der Waals surface area contributed by atoms with Crippen LogP contribution in [-0.2, 0) is 4.79 Å². The molecule has 1 aliphatic rings. The van der Waals surface area contributed by atoms with Crippen LogP contribution in [0.1, 0.15) is 27.1 Å². The first-order chi connectivity index (χ1) is 10.5. The molecule has 1 aliphatic carbocycles. The van der Waals surface area contributed by atoms with Crippen molar-refractivity contribution < 1.29 is 34.1 Å². The highest BCUT2D eigenvalue weighted by atomic mass is 16.5. The van der Waals surface area contributed by atoms with Crippen molar-refractivity contribution in [1.29, 1.82) is 0 Å². The number of allylic oxidation sites excluding steroid dienone is 2. The van der Waals surface area contributed by atoms with Crippen molar-refractivity contribution in [2.24, 2.45) is 0 Å². The van der Waals surface area contributed by atoms with Gasteiger partial charge < -0.3 is 19.7 Å². The maximum atomic E-state index is 11.7. The van der Waals surface area contributed by atoms with E-state index in [1.807, 2.05) is 0 Å². The van der Waals surface area contributed by atoms with Gasteiger partial charge in [0, 0.05) is 0 Å². The molecule has 0 atom stereocenters. The van der Waals surface area contributed by atoms with Crippen molar-refractivity contribution in [1.82, 2.24) is 0 Å². The molecule has 0 bridgehead atoms. The third kappa shape index (κ3) is 3.92. The predicted molar refractivity (Wildman–Crippen MR) is 76.7 cm³/mol. The van der Waals surface area contributed by atoms with Crippen molar-refractivity contribution >= 4 is 17.5 Å². The molecule has 118 valence electrons. The fourth-order valence-corrected chi connectivity index (χ4v) is 1.81. The smallest absolute Gasteiger partial charge is 0.305 e. The summed E-state index contributed by atoms with van der Waals surface area (Å²) in [5.74, 6) is -0.676. The molecule has 0 saturated carbocycles. The second-order valence-corrected chi connectivity index (χ2v) is 4.15. The number of ketones is 2. The lowest BCUT2D eigenvalue weighted by Crippen LogP contribution is -2.14. The number of ether oxygens (including phenoxy) is 2. The van der Waals surface area contributed by atoms with Gasteiger partial charge in [-0.2, -0.15) is 0 Å². The van der Waals surface area contributed by atoms with E-state index in [0.717, 1.165) is 0 Å². The minimum absolute atomic E-state index is 0.153. The van der Waals surface area contributed by atoms with Gasteiger partial charge in [-0.1, -0.05) is 0 Å². The Morgan fingerprint density at radius 1 is 1.00 bits per heavy atom. The summed E-state index contributed by atoms with van der Waals surface area (Å²) in [4.78, 5) is 32.8. The topological polar surface area (TPSA) is 110 Å². The van der Waals surface area contributed by atoms with E-state index in [0.29, 0.717) is 11.5 Å². The average molecular weight is 308 g/mol. The number of carbonyl (C=O) groups is 3. The number of aliphatic hydroxyl groups excluding tert-OH is 1. The first kappa shape index (κ1) is 17.4. The van der Waals surface area contributed by atoms with Gasteiger partial charge in [-0.3, -0.25) is 14.4 Å². The van der Waals surface area contributed by atoms with Gasteiger partial charge in [0.25, 0.3) is 0 Å². The summed E-state index contributed by atoms with van der Waals surface area (Å²) in [6, 6.07) is 3.23. The summed E-state index contributed by atoms with van der Waals surface area (Å²) < 4.78 is 10.1. The largest absolute Gasteiger partial charge is 0.496 e. The van der Waals surface area contributed by atoms with Crippen molar-refractivity contribution in [3.05, 3.63) is 35.4 Å². The van der Waals surface area contributed by atoms with Crippen molar-refractivity contribution in [2.75, 3.05) is 20.8 Å². The Morgan fingerprint density at radius 3 is 1.64 bits per heavy atom. The summed E-state index contributed by atoms with van der Waals surface area (Å²) in [7, 11) is 2.91. The number of methoxy groups -OCH3 is 2. The van der Waals surface area contributed by atoms with E-state index in [9.17, 15) is 14.4 Å². The van der Waals surface area contributed by atoms with E-state index in [1.165, 1.54) is 26.4 Å². The number of fused-ring (bicyclic) bond motifs is 1. The fourth-order valence-electron chi connectivity index (χ4n) is 1.81. The zero-order chi connectivity index (χ0) is 16.7. The Labute approximate surface area is 126 Å². The molecular formula is C15H16O7. The summed E-state index contributed by atoms with van der Waals surface area (Å²) >= 11 is 0. The van der Waals surface area contributed by atoms with Crippen LogP contribution in [0.15, 0.2) is 24.3 Å². The Balaban J connectivity index is 0.000000346. The number of aliphatic carboxylic acids is 1. The molecule has 0 amide bonds. The first-order valence-electron chi connectivity index (χ1n) is 6.30. The van der Waals surface area contributed by atoms with Gasteiger partial charge in [0.1, 0.15) is 11.5 Å². The van der Waals surface area contributed by atoms with Crippen LogP contribution in [0, 0.1) is 0 Å². The van der Waals surface area contributed by atoms with E-state index in [2.05, 4.69) is 0 Å².